The number of carboxylic acids is 1. The number of nitrogens with one attached hydrogen (secondary N) is 3. The van der Waals surface area contributed by atoms with Crippen LogP contribution < -0.4 is 21.7 Å². The first-order chi connectivity index (χ1) is 18.5. The Balaban J connectivity index is 2.73. The smallest absolute Gasteiger partial charge is 0.319 e. The zero-order valence-electron chi connectivity index (χ0n) is 23.5. The van der Waals surface area contributed by atoms with Crippen LogP contribution in [0, 0.1) is 17.8 Å². The van der Waals surface area contributed by atoms with Crippen LogP contribution in [0.4, 0.5) is 10.5 Å². The summed E-state index contributed by atoms with van der Waals surface area (Å²) >= 11 is 1.56. The van der Waals surface area contributed by atoms with Crippen molar-refractivity contribution < 1.29 is 29.1 Å². The normalized spacial score (nSPS) is 14.0. The number of carboxylic acid groups (broad SMARTS) is 1. The number of Topliss-reactive ketones (excluding diaryl/α,β-unsaturated/α-hetero) is 2. The van der Waals surface area contributed by atoms with Crippen LogP contribution in [0.2, 0.25) is 0 Å². The number of amides is 3. The molecule has 0 saturated carbocycles. The number of anilines is 1. The highest BCUT2D eigenvalue weighted by Crippen LogP contribution is 2.21. The second-order valence-corrected chi connectivity index (χ2v) is 10.9. The summed E-state index contributed by atoms with van der Waals surface area (Å²) in [6.45, 7) is 6.00. The van der Waals surface area contributed by atoms with Crippen LogP contribution in [0.15, 0.2) is 24.3 Å². The Labute approximate surface area is 235 Å². The zero-order valence-corrected chi connectivity index (χ0v) is 24.3. The predicted molar refractivity (Wildman–Crippen MR) is 155 cm³/mol. The zero-order chi connectivity index (χ0) is 29.4. The van der Waals surface area contributed by atoms with Crippen molar-refractivity contribution in [1.82, 2.24) is 10.6 Å². The molecule has 6 N–H and O–H groups in total. The molecule has 218 valence electrons. The first-order valence-electron chi connectivity index (χ1n) is 13.4. The number of carbonyl (C=O) groups is 5. The number of rotatable bonds is 19. The van der Waals surface area contributed by atoms with E-state index in [0.29, 0.717) is 37.2 Å². The van der Waals surface area contributed by atoms with E-state index in [9.17, 15) is 24.0 Å². The third-order valence-corrected chi connectivity index (χ3v) is 7.37. The minimum absolute atomic E-state index is 0.0135. The fourth-order valence-corrected chi connectivity index (χ4v) is 4.43. The Kier molecular flexibility index (Phi) is 16.1. The summed E-state index contributed by atoms with van der Waals surface area (Å²) in [5, 5.41) is 17.3. The molecule has 0 spiro atoms. The van der Waals surface area contributed by atoms with E-state index in [2.05, 4.69) is 16.0 Å². The van der Waals surface area contributed by atoms with E-state index in [1.54, 1.807) is 23.9 Å². The van der Waals surface area contributed by atoms with Gasteiger partial charge in [-0.15, -0.1) is 0 Å². The van der Waals surface area contributed by atoms with Gasteiger partial charge < -0.3 is 26.8 Å². The summed E-state index contributed by atoms with van der Waals surface area (Å²) < 4.78 is 0. The lowest BCUT2D eigenvalue weighted by Crippen LogP contribution is -2.45. The van der Waals surface area contributed by atoms with Crippen LogP contribution in [0.25, 0.3) is 0 Å². The second-order valence-electron chi connectivity index (χ2n) is 9.87. The molecule has 0 aliphatic carbocycles. The van der Waals surface area contributed by atoms with Gasteiger partial charge in [0.05, 0.1) is 12.0 Å². The minimum atomic E-state index is -1.01. The van der Waals surface area contributed by atoms with Crippen molar-refractivity contribution in [2.24, 2.45) is 23.5 Å². The average Bonchev–Trinajstić information content (AvgIpc) is 2.91. The SMILES string of the molecule is CC[C@H](C)[C@H](CC(=O)[C@H](CCSC)NC(=O)Nc1ccc(CN)cc1)C(=O)NCCCC(=O)CC(C)C(=O)O. The van der Waals surface area contributed by atoms with Crippen LogP contribution in [0.5, 0.6) is 0 Å². The number of hydrogen-bond donors (Lipinski definition) is 5. The maximum Gasteiger partial charge on any atom is 0.319 e. The average molecular weight is 565 g/mol. The van der Waals surface area contributed by atoms with Crippen LogP contribution in [0.1, 0.15) is 64.9 Å². The molecule has 1 unspecified atom stereocenters. The number of thioether (sulfide) groups is 1. The molecule has 10 nitrogen and oxygen atoms in total. The number of benzene rings is 1. The summed E-state index contributed by atoms with van der Waals surface area (Å²) in [6, 6.07) is 5.87. The van der Waals surface area contributed by atoms with Crippen LogP contribution in [0.3, 0.4) is 0 Å². The molecule has 0 aliphatic rings. The molecular weight excluding hydrogens is 520 g/mol. The number of carbonyl (C=O) groups excluding carboxylic acids is 4. The van der Waals surface area contributed by atoms with Gasteiger partial charge in [0.15, 0.2) is 5.78 Å². The number of urea groups is 1. The molecule has 0 radical (unpaired) electrons. The fourth-order valence-electron chi connectivity index (χ4n) is 3.95. The number of hydrogen-bond acceptors (Lipinski definition) is 7. The van der Waals surface area contributed by atoms with Gasteiger partial charge in [-0.3, -0.25) is 19.2 Å². The Bertz CT molecular complexity index is 956. The fraction of sp³-hybridized carbons (Fsp3) is 0.607. The molecule has 0 bridgehead atoms. The predicted octanol–water partition coefficient (Wildman–Crippen LogP) is 3.59. The van der Waals surface area contributed by atoms with Gasteiger partial charge in [0.2, 0.25) is 5.91 Å². The minimum Gasteiger partial charge on any atom is -0.481 e. The number of nitrogens with two attached hydrogens (primary N) is 1. The van der Waals surface area contributed by atoms with E-state index in [-0.39, 0.29) is 49.2 Å². The van der Waals surface area contributed by atoms with Crippen molar-refractivity contribution in [2.45, 2.75) is 71.9 Å². The maximum atomic E-state index is 13.3. The molecule has 0 aliphatic heterocycles. The summed E-state index contributed by atoms with van der Waals surface area (Å²) in [7, 11) is 0. The van der Waals surface area contributed by atoms with Gasteiger partial charge >= 0.3 is 12.0 Å². The first-order valence-corrected chi connectivity index (χ1v) is 14.8. The molecule has 4 atom stereocenters. The van der Waals surface area contributed by atoms with Crippen molar-refractivity contribution in [2.75, 3.05) is 23.9 Å². The van der Waals surface area contributed by atoms with Gasteiger partial charge in [0, 0.05) is 44.0 Å². The van der Waals surface area contributed by atoms with Gasteiger partial charge in [0.25, 0.3) is 0 Å². The van der Waals surface area contributed by atoms with Crippen molar-refractivity contribution in [3.8, 4) is 0 Å². The molecule has 0 aromatic heterocycles. The van der Waals surface area contributed by atoms with E-state index in [1.165, 1.54) is 6.92 Å². The highest BCUT2D eigenvalue weighted by molar-refractivity contribution is 7.98. The van der Waals surface area contributed by atoms with Crippen LogP contribution in [-0.2, 0) is 25.7 Å². The van der Waals surface area contributed by atoms with Gasteiger partial charge in [-0.2, -0.15) is 11.8 Å². The monoisotopic (exact) mass is 564 g/mol. The topological polar surface area (TPSA) is 168 Å². The van der Waals surface area contributed by atoms with Gasteiger partial charge in [-0.1, -0.05) is 39.3 Å². The van der Waals surface area contributed by atoms with Gasteiger partial charge in [0.1, 0.15) is 5.78 Å². The quantitative estimate of drug-likeness (QED) is 0.159. The molecule has 39 heavy (non-hydrogen) atoms. The van der Waals surface area contributed by atoms with Gasteiger partial charge in [-0.25, -0.2) is 4.79 Å². The van der Waals surface area contributed by atoms with E-state index in [0.717, 1.165) is 5.56 Å². The van der Waals surface area contributed by atoms with E-state index >= 15 is 0 Å². The van der Waals surface area contributed by atoms with Crippen molar-refractivity contribution >= 4 is 46.9 Å². The van der Waals surface area contributed by atoms with Gasteiger partial charge in [-0.05, 0) is 48.5 Å². The van der Waals surface area contributed by atoms with Crippen LogP contribution in [-0.4, -0.2) is 59.2 Å². The summed E-state index contributed by atoms with van der Waals surface area (Å²) in [6.07, 6.45) is 3.57. The molecule has 1 aromatic carbocycles. The molecule has 3 amide bonds. The van der Waals surface area contributed by atoms with E-state index in [1.807, 2.05) is 32.2 Å². The van der Waals surface area contributed by atoms with E-state index in [4.69, 9.17) is 10.8 Å². The van der Waals surface area contributed by atoms with E-state index < -0.39 is 29.9 Å². The van der Waals surface area contributed by atoms with Crippen molar-refractivity contribution in [1.29, 1.82) is 0 Å². The lowest BCUT2D eigenvalue weighted by atomic mass is 9.85. The molecule has 1 aromatic rings. The third-order valence-electron chi connectivity index (χ3n) is 6.73. The Hall–Kier alpha value is -2.92. The largest absolute Gasteiger partial charge is 0.481 e. The first kappa shape index (κ1) is 34.1. The summed E-state index contributed by atoms with van der Waals surface area (Å²) in [5.74, 6) is -2.37. The lowest BCUT2D eigenvalue weighted by Gasteiger charge is -2.25. The maximum absolute atomic E-state index is 13.3. The number of aliphatic carboxylic acids is 1. The molecule has 0 saturated heterocycles. The molecule has 0 heterocycles. The summed E-state index contributed by atoms with van der Waals surface area (Å²) in [5.41, 5.74) is 7.12. The molecular formula is C28H44N4O6S. The molecule has 1 rings (SSSR count). The lowest BCUT2D eigenvalue weighted by molar-refractivity contribution is -0.143. The highest BCUT2D eigenvalue weighted by Gasteiger charge is 2.30. The Morgan fingerprint density at radius 3 is 2.28 bits per heavy atom. The second kappa shape index (κ2) is 18.4. The van der Waals surface area contributed by atoms with Crippen molar-refractivity contribution in [3.63, 3.8) is 0 Å². The highest BCUT2D eigenvalue weighted by atomic mass is 32.2. The summed E-state index contributed by atoms with van der Waals surface area (Å²) in [4.78, 5) is 61.8. The molecule has 11 heteroatoms. The van der Waals surface area contributed by atoms with Crippen LogP contribution >= 0.6 is 11.8 Å². The third kappa shape index (κ3) is 13.1. The Morgan fingerprint density at radius 2 is 1.72 bits per heavy atom. The molecule has 0 fully saturated rings. The van der Waals surface area contributed by atoms with Crippen molar-refractivity contribution in [3.05, 3.63) is 29.8 Å². The standard InChI is InChI=1S/C28H44N4O6S/c1-5-18(2)23(26(35)30-13-6-7-22(33)15-19(3)27(36)37)16-25(34)24(12-14-39-4)32-28(38)31-21-10-8-20(17-29)9-11-21/h8-11,18-19,23-24H,5-7,12-17,29H2,1-4H3,(H,30,35)(H,36,37)(H2,31,32,38)/t18-,19?,23-,24-/m0/s1. The number of ketones is 2. The Morgan fingerprint density at radius 1 is 1.05 bits per heavy atom.